The Kier molecular flexibility index (Phi) is 11.1. The van der Waals surface area contributed by atoms with Gasteiger partial charge in [0.2, 0.25) is 0 Å². The van der Waals surface area contributed by atoms with Crippen LogP contribution in [0.1, 0.15) is 30.9 Å². The number of methoxy groups -OCH3 is 2. The van der Waals surface area contributed by atoms with Crippen LogP contribution in [-0.4, -0.2) is 55.9 Å². The lowest BCUT2D eigenvalue weighted by atomic mass is 10.1. The number of piperidine rings is 1. The molecule has 0 amide bonds. The van der Waals surface area contributed by atoms with E-state index in [1.165, 1.54) is 5.56 Å². The predicted octanol–water partition coefficient (Wildman–Crippen LogP) is 3.86. The van der Waals surface area contributed by atoms with E-state index in [0.717, 1.165) is 50.3 Å². The van der Waals surface area contributed by atoms with Crippen molar-refractivity contribution >= 4 is 35.6 Å². The van der Waals surface area contributed by atoms with E-state index < -0.39 is 0 Å². The lowest BCUT2D eigenvalue weighted by molar-refractivity contribution is 0.0792. The summed E-state index contributed by atoms with van der Waals surface area (Å²) in [6.07, 6.45) is 1.61. The van der Waals surface area contributed by atoms with E-state index in [1.54, 1.807) is 14.2 Å². The van der Waals surface area contributed by atoms with Gasteiger partial charge in [0.05, 0.1) is 26.9 Å². The van der Waals surface area contributed by atoms with Crippen molar-refractivity contribution in [3.8, 4) is 11.5 Å². The first kappa shape index (κ1) is 26.2. The maximum Gasteiger partial charge on any atom is 0.196 e. The molecule has 1 heterocycles. The highest BCUT2D eigenvalue weighted by Crippen LogP contribution is 2.29. The number of aliphatic imine (C=N–C) groups is 1. The van der Waals surface area contributed by atoms with Crippen LogP contribution in [0.5, 0.6) is 11.5 Å². The van der Waals surface area contributed by atoms with Gasteiger partial charge in [-0.1, -0.05) is 24.3 Å². The highest BCUT2D eigenvalue weighted by atomic mass is 127. The lowest BCUT2D eigenvalue weighted by Gasteiger charge is -2.29. The smallest absolute Gasteiger partial charge is 0.196 e. The van der Waals surface area contributed by atoms with Crippen LogP contribution in [-0.2, 0) is 13.1 Å². The Morgan fingerprint density at radius 1 is 1.03 bits per heavy atom. The molecule has 7 nitrogen and oxygen atoms in total. The van der Waals surface area contributed by atoms with Gasteiger partial charge in [0.25, 0.3) is 0 Å². The minimum atomic E-state index is -0.130. The fourth-order valence-corrected chi connectivity index (χ4v) is 3.61. The largest absolute Gasteiger partial charge is 0.493 e. The summed E-state index contributed by atoms with van der Waals surface area (Å²) < 4.78 is 10.7. The average Bonchev–Trinajstić information content (AvgIpc) is 2.80. The van der Waals surface area contributed by atoms with Crippen LogP contribution in [0.25, 0.3) is 0 Å². The minimum absolute atomic E-state index is 0. The number of anilines is 1. The van der Waals surface area contributed by atoms with Gasteiger partial charge in [0, 0.05) is 37.9 Å². The summed E-state index contributed by atoms with van der Waals surface area (Å²) in [5.41, 5.74) is 3.32. The van der Waals surface area contributed by atoms with Gasteiger partial charge in [-0.25, -0.2) is 4.99 Å². The van der Waals surface area contributed by atoms with E-state index in [9.17, 15) is 5.11 Å². The average molecular weight is 554 g/mol. The third-order valence-corrected chi connectivity index (χ3v) is 5.40. The molecule has 0 aromatic heterocycles. The summed E-state index contributed by atoms with van der Waals surface area (Å²) in [6, 6.07) is 14.3. The minimum Gasteiger partial charge on any atom is -0.493 e. The zero-order valence-electron chi connectivity index (χ0n) is 19.1. The quantitative estimate of drug-likeness (QED) is 0.262. The van der Waals surface area contributed by atoms with Crippen molar-refractivity contribution in [3.63, 3.8) is 0 Å². The first-order valence-corrected chi connectivity index (χ1v) is 10.9. The van der Waals surface area contributed by atoms with Crippen molar-refractivity contribution in [2.45, 2.75) is 39.0 Å². The second-order valence-corrected chi connectivity index (χ2v) is 7.71. The zero-order valence-corrected chi connectivity index (χ0v) is 21.5. The molecule has 3 rings (SSSR count). The van der Waals surface area contributed by atoms with Crippen LogP contribution in [0.4, 0.5) is 5.69 Å². The molecule has 0 spiro atoms. The number of ether oxygens (including phenoxy) is 2. The van der Waals surface area contributed by atoms with Crippen molar-refractivity contribution in [3.05, 3.63) is 53.6 Å². The van der Waals surface area contributed by atoms with Gasteiger partial charge in [-0.05, 0) is 43.0 Å². The number of nitrogens with zero attached hydrogens (tertiary/aromatic N) is 2. The van der Waals surface area contributed by atoms with E-state index in [2.05, 4.69) is 39.8 Å². The third-order valence-electron chi connectivity index (χ3n) is 5.40. The van der Waals surface area contributed by atoms with Crippen LogP contribution in [0.2, 0.25) is 0 Å². The first-order valence-electron chi connectivity index (χ1n) is 10.9. The number of likely N-dealkylation sites (tertiary alicyclic amines) is 1. The molecule has 0 radical (unpaired) electrons. The number of rotatable bonds is 8. The van der Waals surface area contributed by atoms with Gasteiger partial charge >= 0.3 is 0 Å². The lowest BCUT2D eigenvalue weighted by Crippen LogP contribution is -2.35. The highest BCUT2D eigenvalue weighted by Gasteiger charge is 2.16. The molecule has 1 fully saturated rings. The normalized spacial score (nSPS) is 15.1. The molecule has 1 aliphatic heterocycles. The Hall–Kier alpha value is -2.04. The number of aliphatic hydroxyl groups excluding tert-OH is 1. The standard InChI is InChI=1S/C24H34N4O3.HI/c1-4-25-24(27-20-9-10-22(30-2)23(15-20)31-3)26-16-18-5-7-19(8-6-18)17-28-13-11-21(29)12-14-28;/h5-10,15,21,29H,4,11-14,16-17H2,1-3H3,(H2,25,26,27);1H. The number of hydrogen-bond donors (Lipinski definition) is 3. The van der Waals surface area contributed by atoms with Crippen molar-refractivity contribution in [2.75, 3.05) is 39.2 Å². The van der Waals surface area contributed by atoms with E-state index in [0.29, 0.717) is 24.0 Å². The van der Waals surface area contributed by atoms with Crippen LogP contribution in [0.15, 0.2) is 47.5 Å². The molecular weight excluding hydrogens is 519 g/mol. The number of benzene rings is 2. The monoisotopic (exact) mass is 554 g/mol. The van der Waals surface area contributed by atoms with Gasteiger partial charge < -0.3 is 25.2 Å². The van der Waals surface area contributed by atoms with E-state index in [1.807, 2.05) is 25.1 Å². The molecule has 2 aromatic rings. The SMILES string of the molecule is CCNC(=NCc1ccc(CN2CCC(O)CC2)cc1)Nc1ccc(OC)c(OC)c1.I. The number of aliphatic hydroxyl groups is 1. The fraction of sp³-hybridized carbons (Fsp3) is 0.458. The summed E-state index contributed by atoms with van der Waals surface area (Å²) in [4.78, 5) is 7.11. The van der Waals surface area contributed by atoms with E-state index >= 15 is 0 Å². The van der Waals surface area contributed by atoms with Crippen LogP contribution in [0, 0.1) is 0 Å². The molecule has 0 bridgehead atoms. The maximum atomic E-state index is 9.65. The predicted molar refractivity (Wildman–Crippen MR) is 140 cm³/mol. The van der Waals surface area contributed by atoms with Crippen LogP contribution < -0.4 is 20.1 Å². The number of guanidine groups is 1. The molecule has 0 aliphatic carbocycles. The molecule has 32 heavy (non-hydrogen) atoms. The topological polar surface area (TPSA) is 78.4 Å². The van der Waals surface area contributed by atoms with Crippen LogP contribution >= 0.6 is 24.0 Å². The summed E-state index contributed by atoms with van der Waals surface area (Å²) in [5.74, 6) is 2.07. The summed E-state index contributed by atoms with van der Waals surface area (Å²) >= 11 is 0. The van der Waals surface area contributed by atoms with E-state index in [4.69, 9.17) is 14.5 Å². The summed E-state index contributed by atoms with van der Waals surface area (Å²) in [5, 5.41) is 16.3. The first-order chi connectivity index (χ1) is 15.1. The van der Waals surface area contributed by atoms with Crippen molar-refractivity contribution in [2.24, 2.45) is 4.99 Å². The van der Waals surface area contributed by atoms with Gasteiger partial charge in [0.15, 0.2) is 17.5 Å². The van der Waals surface area contributed by atoms with Crippen LogP contribution in [0.3, 0.4) is 0 Å². The fourth-order valence-electron chi connectivity index (χ4n) is 3.61. The van der Waals surface area contributed by atoms with Crippen molar-refractivity contribution < 1.29 is 14.6 Å². The number of hydrogen-bond acceptors (Lipinski definition) is 5. The van der Waals surface area contributed by atoms with Gasteiger partial charge in [-0.3, -0.25) is 4.90 Å². The van der Waals surface area contributed by atoms with Gasteiger partial charge in [-0.15, -0.1) is 24.0 Å². The Bertz CT molecular complexity index is 853. The molecular formula is C24H35IN4O3. The van der Waals surface area contributed by atoms with Crippen molar-refractivity contribution in [1.29, 1.82) is 0 Å². The second-order valence-electron chi connectivity index (χ2n) is 7.71. The Morgan fingerprint density at radius 2 is 1.69 bits per heavy atom. The molecule has 0 saturated carbocycles. The zero-order chi connectivity index (χ0) is 22.1. The molecule has 1 aliphatic rings. The third kappa shape index (κ3) is 7.83. The Balaban J connectivity index is 0.00000363. The summed E-state index contributed by atoms with van der Waals surface area (Å²) in [7, 11) is 3.25. The molecule has 0 atom stereocenters. The van der Waals surface area contributed by atoms with Gasteiger partial charge in [-0.2, -0.15) is 0 Å². The summed E-state index contributed by atoms with van der Waals surface area (Å²) in [6.45, 7) is 6.24. The molecule has 2 aromatic carbocycles. The maximum absolute atomic E-state index is 9.65. The van der Waals surface area contributed by atoms with Gasteiger partial charge in [0.1, 0.15) is 0 Å². The second kappa shape index (κ2) is 13.5. The number of nitrogens with one attached hydrogen (secondary N) is 2. The molecule has 176 valence electrons. The highest BCUT2D eigenvalue weighted by molar-refractivity contribution is 14.0. The number of halogens is 1. The molecule has 8 heteroatoms. The molecule has 3 N–H and O–H groups in total. The van der Waals surface area contributed by atoms with Crippen molar-refractivity contribution in [1.82, 2.24) is 10.2 Å². The Labute approximate surface area is 208 Å². The Morgan fingerprint density at radius 3 is 2.31 bits per heavy atom. The van der Waals surface area contributed by atoms with E-state index in [-0.39, 0.29) is 30.1 Å². The molecule has 1 saturated heterocycles. The molecule has 0 unspecified atom stereocenters.